The summed E-state index contributed by atoms with van der Waals surface area (Å²) in [5.74, 6) is -0.962. The maximum Gasteiger partial charge on any atom is 0.336 e. The van der Waals surface area contributed by atoms with Gasteiger partial charge in [0.05, 0.1) is 5.56 Å². The van der Waals surface area contributed by atoms with Crippen LogP contribution >= 0.6 is 0 Å². The minimum absolute atomic E-state index is 0.154. The van der Waals surface area contributed by atoms with Gasteiger partial charge in [-0.3, -0.25) is 0 Å². The van der Waals surface area contributed by atoms with Crippen molar-refractivity contribution in [3.8, 4) is 0 Å². The number of aryl methyl sites for hydroxylation is 1. The molecule has 2 N–H and O–H groups in total. The molecule has 0 aliphatic carbocycles. The molecule has 0 amide bonds. The van der Waals surface area contributed by atoms with Crippen LogP contribution in [0.25, 0.3) is 10.8 Å². The van der Waals surface area contributed by atoms with Gasteiger partial charge in [-0.15, -0.1) is 0 Å². The molecule has 0 fully saturated rings. The van der Waals surface area contributed by atoms with Crippen LogP contribution in [0.1, 0.15) is 40.0 Å². The molecule has 35 heavy (non-hydrogen) atoms. The zero-order valence-electron chi connectivity index (χ0n) is 20.0. The van der Waals surface area contributed by atoms with Gasteiger partial charge in [-0.25, -0.2) is 9.18 Å². The monoisotopic (exact) mass is 468 g/mol. The minimum atomic E-state index is -0.942. The SMILES string of the molecule is Cc1ccc(N2CC(CNC(C)c3cccc4ccccc34)Cc3cc(F)ccc32)cc1C(=O)O. The van der Waals surface area contributed by atoms with Crippen LogP contribution in [0, 0.1) is 18.7 Å². The second-order valence-corrected chi connectivity index (χ2v) is 9.46. The molecule has 1 aliphatic rings. The summed E-state index contributed by atoms with van der Waals surface area (Å²) >= 11 is 0. The molecular formula is C30H29FN2O2. The van der Waals surface area contributed by atoms with Gasteiger partial charge in [0.15, 0.2) is 0 Å². The lowest BCUT2D eigenvalue weighted by Crippen LogP contribution is -2.38. The Morgan fingerprint density at radius 1 is 1.09 bits per heavy atom. The average molecular weight is 469 g/mol. The van der Waals surface area contributed by atoms with E-state index in [2.05, 4.69) is 59.6 Å². The zero-order chi connectivity index (χ0) is 24.5. The Balaban J connectivity index is 1.41. The van der Waals surface area contributed by atoms with E-state index in [-0.39, 0.29) is 23.3 Å². The number of rotatable bonds is 6. The van der Waals surface area contributed by atoms with E-state index in [0.717, 1.165) is 42.0 Å². The highest BCUT2D eigenvalue weighted by Crippen LogP contribution is 2.37. The van der Waals surface area contributed by atoms with Gasteiger partial charge < -0.3 is 15.3 Å². The molecule has 5 rings (SSSR count). The number of nitrogens with one attached hydrogen (secondary N) is 1. The summed E-state index contributed by atoms with van der Waals surface area (Å²) in [6.07, 6.45) is 0.760. The fourth-order valence-corrected chi connectivity index (χ4v) is 5.18. The van der Waals surface area contributed by atoms with E-state index in [9.17, 15) is 14.3 Å². The topological polar surface area (TPSA) is 52.6 Å². The van der Waals surface area contributed by atoms with Crippen LogP contribution < -0.4 is 10.2 Å². The summed E-state index contributed by atoms with van der Waals surface area (Å²) in [6, 6.07) is 25.3. The third-order valence-corrected chi connectivity index (χ3v) is 7.05. The van der Waals surface area contributed by atoms with Crippen LogP contribution in [-0.4, -0.2) is 24.2 Å². The average Bonchev–Trinajstić information content (AvgIpc) is 2.86. The van der Waals surface area contributed by atoms with E-state index < -0.39 is 5.97 Å². The lowest BCUT2D eigenvalue weighted by Gasteiger charge is -2.37. The molecule has 4 aromatic carbocycles. The first-order valence-electron chi connectivity index (χ1n) is 12.0. The second-order valence-electron chi connectivity index (χ2n) is 9.46. The Morgan fingerprint density at radius 2 is 1.89 bits per heavy atom. The van der Waals surface area contributed by atoms with E-state index in [4.69, 9.17) is 0 Å². The summed E-state index contributed by atoms with van der Waals surface area (Å²) in [5.41, 5.74) is 4.96. The van der Waals surface area contributed by atoms with Gasteiger partial charge in [0.1, 0.15) is 5.82 Å². The van der Waals surface area contributed by atoms with Crippen molar-refractivity contribution in [2.75, 3.05) is 18.0 Å². The molecule has 2 atom stereocenters. The third-order valence-electron chi connectivity index (χ3n) is 7.05. The van der Waals surface area contributed by atoms with Crippen LogP contribution in [0.3, 0.4) is 0 Å². The number of hydrogen-bond acceptors (Lipinski definition) is 3. The molecule has 0 saturated heterocycles. The van der Waals surface area contributed by atoms with Crippen molar-refractivity contribution < 1.29 is 14.3 Å². The summed E-state index contributed by atoms with van der Waals surface area (Å²) in [5, 5.41) is 15.8. The highest BCUT2D eigenvalue weighted by atomic mass is 19.1. The first kappa shape index (κ1) is 23.1. The second kappa shape index (κ2) is 9.51. The van der Waals surface area contributed by atoms with Crippen molar-refractivity contribution in [1.29, 1.82) is 0 Å². The maximum absolute atomic E-state index is 14.1. The Hall–Kier alpha value is -3.70. The van der Waals surface area contributed by atoms with Crippen molar-refractivity contribution in [1.82, 2.24) is 5.32 Å². The van der Waals surface area contributed by atoms with Gasteiger partial charge in [-0.05, 0) is 84.0 Å². The fraction of sp³-hybridized carbons (Fsp3) is 0.233. The number of carboxylic acid groups (broad SMARTS) is 1. The number of aromatic carboxylic acids is 1. The molecule has 4 nitrogen and oxygen atoms in total. The molecule has 0 saturated carbocycles. The predicted molar refractivity (Wildman–Crippen MR) is 139 cm³/mol. The summed E-state index contributed by atoms with van der Waals surface area (Å²) < 4.78 is 14.1. The number of carboxylic acids is 1. The standard InChI is InChI=1S/C30H29FN2O2/c1-19-10-12-25(16-28(19)30(34)35)33-18-21(14-23-15-24(31)11-13-29(23)33)17-32-20(2)26-9-5-7-22-6-3-4-8-27(22)26/h3-13,15-16,20-21,32H,14,17-18H2,1-2H3,(H,34,35). The Labute approximate surface area is 205 Å². The highest BCUT2D eigenvalue weighted by Gasteiger charge is 2.27. The maximum atomic E-state index is 14.1. The number of benzene rings is 4. The number of carbonyl (C=O) groups is 1. The summed E-state index contributed by atoms with van der Waals surface area (Å²) in [6.45, 7) is 5.45. The lowest BCUT2D eigenvalue weighted by atomic mass is 9.91. The first-order chi connectivity index (χ1) is 16.9. The molecule has 0 spiro atoms. The normalized spacial score (nSPS) is 16.2. The molecule has 178 valence electrons. The fourth-order valence-electron chi connectivity index (χ4n) is 5.18. The lowest BCUT2D eigenvalue weighted by molar-refractivity contribution is 0.0696. The largest absolute Gasteiger partial charge is 0.478 e. The Bertz CT molecular complexity index is 1400. The number of anilines is 2. The molecule has 4 aromatic rings. The van der Waals surface area contributed by atoms with Crippen LogP contribution in [-0.2, 0) is 6.42 Å². The smallest absolute Gasteiger partial charge is 0.336 e. The number of nitrogens with zero attached hydrogens (tertiary/aromatic N) is 1. The van der Waals surface area contributed by atoms with Crippen molar-refractivity contribution in [2.45, 2.75) is 26.3 Å². The van der Waals surface area contributed by atoms with Gasteiger partial charge in [0.2, 0.25) is 0 Å². The molecule has 0 bridgehead atoms. The number of halogens is 1. The summed E-state index contributed by atoms with van der Waals surface area (Å²) in [7, 11) is 0. The van der Waals surface area contributed by atoms with Crippen molar-refractivity contribution in [2.24, 2.45) is 5.92 Å². The first-order valence-corrected chi connectivity index (χ1v) is 12.0. The van der Waals surface area contributed by atoms with Crippen molar-refractivity contribution in [3.63, 3.8) is 0 Å². The van der Waals surface area contributed by atoms with Crippen LogP contribution in [0.5, 0.6) is 0 Å². The molecule has 1 heterocycles. The van der Waals surface area contributed by atoms with E-state index in [1.807, 2.05) is 12.1 Å². The minimum Gasteiger partial charge on any atom is -0.478 e. The molecule has 0 radical (unpaired) electrons. The van der Waals surface area contributed by atoms with Gasteiger partial charge in [0.25, 0.3) is 0 Å². The number of hydrogen-bond donors (Lipinski definition) is 2. The molecule has 0 aromatic heterocycles. The molecule has 2 unspecified atom stereocenters. The van der Waals surface area contributed by atoms with Gasteiger partial charge in [-0.1, -0.05) is 48.5 Å². The molecule has 1 aliphatic heterocycles. The quantitative estimate of drug-likeness (QED) is 0.333. The highest BCUT2D eigenvalue weighted by molar-refractivity contribution is 5.91. The van der Waals surface area contributed by atoms with Gasteiger partial charge in [-0.2, -0.15) is 0 Å². The van der Waals surface area contributed by atoms with E-state index >= 15 is 0 Å². The van der Waals surface area contributed by atoms with Crippen LogP contribution in [0.2, 0.25) is 0 Å². The Morgan fingerprint density at radius 3 is 2.71 bits per heavy atom. The molecular weight excluding hydrogens is 439 g/mol. The number of fused-ring (bicyclic) bond motifs is 2. The van der Waals surface area contributed by atoms with Gasteiger partial charge >= 0.3 is 5.97 Å². The van der Waals surface area contributed by atoms with Crippen molar-refractivity contribution in [3.05, 3.63) is 107 Å². The van der Waals surface area contributed by atoms with E-state index in [0.29, 0.717) is 0 Å². The predicted octanol–water partition coefficient (Wildman–Crippen LogP) is 6.65. The third kappa shape index (κ3) is 4.64. The van der Waals surface area contributed by atoms with E-state index in [1.54, 1.807) is 25.1 Å². The molecule has 5 heteroatoms. The zero-order valence-corrected chi connectivity index (χ0v) is 20.0. The van der Waals surface area contributed by atoms with Crippen LogP contribution in [0.15, 0.2) is 78.9 Å². The van der Waals surface area contributed by atoms with Crippen molar-refractivity contribution >= 4 is 28.1 Å². The Kier molecular flexibility index (Phi) is 6.27. The van der Waals surface area contributed by atoms with Gasteiger partial charge in [0, 0.05) is 30.5 Å². The van der Waals surface area contributed by atoms with Crippen LogP contribution in [0.4, 0.5) is 15.8 Å². The summed E-state index contributed by atoms with van der Waals surface area (Å²) in [4.78, 5) is 13.9. The van der Waals surface area contributed by atoms with E-state index in [1.165, 1.54) is 22.4 Å².